The Kier molecular flexibility index (Phi) is 6.19. The second-order valence-electron chi connectivity index (χ2n) is 8.32. The van der Waals surface area contributed by atoms with Crippen LogP contribution < -0.4 is 9.04 Å². The Bertz CT molecular complexity index is 1530. The Morgan fingerprint density at radius 3 is 1.97 bits per heavy atom. The number of rotatable bonds is 8. The van der Waals surface area contributed by atoms with Crippen molar-refractivity contribution in [1.82, 2.24) is 4.57 Å². The fourth-order valence-corrected chi connectivity index (χ4v) is 6.08. The number of sulfonamides is 1. The van der Waals surface area contributed by atoms with Crippen molar-refractivity contribution in [3.8, 4) is 5.75 Å². The number of fused-ring (bicyclic) bond motifs is 3. The molecule has 0 saturated heterocycles. The Balaban J connectivity index is 1.55. The van der Waals surface area contributed by atoms with Gasteiger partial charge in [-0.3, -0.25) is 4.31 Å². The van der Waals surface area contributed by atoms with E-state index in [2.05, 4.69) is 12.1 Å². The first kappa shape index (κ1) is 23.0. The summed E-state index contributed by atoms with van der Waals surface area (Å²) in [5.41, 5.74) is 2.35. The number of aliphatic hydroxyl groups excluding tert-OH is 1. The maximum atomic E-state index is 13.7. The van der Waals surface area contributed by atoms with Crippen molar-refractivity contribution < 1.29 is 18.3 Å². The highest BCUT2D eigenvalue weighted by Gasteiger charge is 2.29. The van der Waals surface area contributed by atoms with E-state index in [9.17, 15) is 13.5 Å². The van der Waals surface area contributed by atoms with Gasteiger partial charge in [0.15, 0.2) is 0 Å². The minimum atomic E-state index is -3.96. The molecule has 0 bridgehead atoms. The van der Waals surface area contributed by atoms with Crippen molar-refractivity contribution in [2.24, 2.45) is 0 Å². The Hall–Kier alpha value is -3.81. The molecule has 0 spiro atoms. The van der Waals surface area contributed by atoms with Gasteiger partial charge in [0.05, 0.1) is 36.9 Å². The third kappa shape index (κ3) is 4.24. The molecule has 1 atom stereocenters. The van der Waals surface area contributed by atoms with Gasteiger partial charge in [-0.1, -0.05) is 66.7 Å². The van der Waals surface area contributed by atoms with Crippen molar-refractivity contribution in [2.75, 3.05) is 18.0 Å². The van der Waals surface area contributed by atoms with Crippen molar-refractivity contribution >= 4 is 37.5 Å². The van der Waals surface area contributed by atoms with E-state index in [4.69, 9.17) is 4.74 Å². The summed E-state index contributed by atoms with van der Waals surface area (Å²) in [6.45, 7) is 0.0857. The average molecular weight is 487 g/mol. The number of hydrogen-bond donors (Lipinski definition) is 1. The molecule has 1 heterocycles. The van der Waals surface area contributed by atoms with Crippen molar-refractivity contribution in [3.63, 3.8) is 0 Å². The second-order valence-corrected chi connectivity index (χ2v) is 10.2. The molecule has 0 saturated carbocycles. The topological polar surface area (TPSA) is 71.8 Å². The molecule has 0 unspecified atom stereocenters. The van der Waals surface area contributed by atoms with Crippen LogP contribution in [0.5, 0.6) is 5.75 Å². The lowest BCUT2D eigenvalue weighted by molar-refractivity contribution is 0.166. The highest BCUT2D eigenvalue weighted by molar-refractivity contribution is 7.92. The second kappa shape index (κ2) is 9.44. The van der Waals surface area contributed by atoms with Gasteiger partial charge in [0, 0.05) is 21.8 Å². The highest BCUT2D eigenvalue weighted by Crippen LogP contribution is 2.33. The predicted molar refractivity (Wildman–Crippen MR) is 139 cm³/mol. The van der Waals surface area contributed by atoms with E-state index in [0.29, 0.717) is 11.4 Å². The number of benzene rings is 4. The molecule has 6 nitrogen and oxygen atoms in total. The van der Waals surface area contributed by atoms with Gasteiger partial charge in [0.1, 0.15) is 5.75 Å². The summed E-state index contributed by atoms with van der Waals surface area (Å²) in [4.78, 5) is 0.148. The van der Waals surface area contributed by atoms with Crippen LogP contribution in [0.3, 0.4) is 0 Å². The van der Waals surface area contributed by atoms with Gasteiger partial charge >= 0.3 is 0 Å². The quantitative estimate of drug-likeness (QED) is 0.333. The minimum absolute atomic E-state index is 0.140. The zero-order valence-electron chi connectivity index (χ0n) is 19.3. The number of anilines is 1. The SMILES string of the molecule is COc1ccccc1N(C[C@@H](O)Cn1c2ccccc2c2ccccc21)S(=O)(=O)c1ccccc1. The molecule has 1 N–H and O–H groups in total. The maximum Gasteiger partial charge on any atom is 0.264 e. The van der Waals surface area contributed by atoms with Crippen LogP contribution in [0.2, 0.25) is 0 Å². The van der Waals surface area contributed by atoms with Crippen LogP contribution in [-0.4, -0.2) is 37.8 Å². The summed E-state index contributed by atoms with van der Waals surface area (Å²) in [5, 5.41) is 13.5. The van der Waals surface area contributed by atoms with Gasteiger partial charge in [-0.25, -0.2) is 8.42 Å². The summed E-state index contributed by atoms with van der Waals surface area (Å²) < 4.78 is 36.2. The molecular weight excluding hydrogens is 460 g/mol. The van der Waals surface area contributed by atoms with Gasteiger partial charge in [-0.15, -0.1) is 0 Å². The van der Waals surface area contributed by atoms with E-state index in [-0.39, 0.29) is 18.0 Å². The summed E-state index contributed by atoms with van der Waals surface area (Å²) in [5.74, 6) is 0.413. The zero-order chi connectivity index (χ0) is 24.4. The molecule has 4 aromatic carbocycles. The number of para-hydroxylation sites is 4. The lowest BCUT2D eigenvalue weighted by atomic mass is 10.2. The lowest BCUT2D eigenvalue weighted by Gasteiger charge is -2.28. The fraction of sp³-hybridized carbons (Fsp3) is 0.143. The molecule has 0 amide bonds. The Morgan fingerprint density at radius 2 is 1.34 bits per heavy atom. The van der Waals surface area contributed by atoms with Crippen LogP contribution in [0, 0.1) is 0 Å². The van der Waals surface area contributed by atoms with Crippen LogP contribution in [0.4, 0.5) is 5.69 Å². The summed E-state index contributed by atoms with van der Waals surface area (Å²) >= 11 is 0. The highest BCUT2D eigenvalue weighted by atomic mass is 32.2. The summed E-state index contributed by atoms with van der Waals surface area (Å²) in [6, 6.07) is 31.2. The smallest absolute Gasteiger partial charge is 0.264 e. The molecule has 0 aliphatic heterocycles. The monoisotopic (exact) mass is 486 g/mol. The fourth-order valence-electron chi connectivity index (χ4n) is 4.54. The van der Waals surface area contributed by atoms with Crippen LogP contribution in [0.15, 0.2) is 108 Å². The number of methoxy groups -OCH3 is 1. The molecule has 0 fully saturated rings. The van der Waals surface area contributed by atoms with Gasteiger partial charge in [0.2, 0.25) is 0 Å². The van der Waals surface area contributed by atoms with E-state index in [1.807, 2.05) is 41.0 Å². The Morgan fingerprint density at radius 1 is 0.800 bits per heavy atom. The third-order valence-corrected chi connectivity index (χ3v) is 7.93. The number of nitrogens with zero attached hydrogens (tertiary/aromatic N) is 2. The summed E-state index contributed by atoms with van der Waals surface area (Å²) in [7, 11) is -2.46. The van der Waals surface area contributed by atoms with Gasteiger partial charge in [-0.05, 0) is 36.4 Å². The lowest BCUT2D eigenvalue weighted by Crippen LogP contribution is -2.39. The molecule has 0 radical (unpaired) electrons. The zero-order valence-corrected chi connectivity index (χ0v) is 20.1. The average Bonchev–Trinajstić information content (AvgIpc) is 3.21. The predicted octanol–water partition coefficient (Wildman–Crippen LogP) is 5.06. The number of hydrogen-bond acceptors (Lipinski definition) is 4. The van der Waals surface area contributed by atoms with E-state index < -0.39 is 16.1 Å². The number of aromatic nitrogens is 1. The molecule has 178 valence electrons. The number of ether oxygens (including phenoxy) is 1. The molecule has 5 aromatic rings. The van der Waals surface area contributed by atoms with Crippen molar-refractivity contribution in [1.29, 1.82) is 0 Å². The van der Waals surface area contributed by atoms with Gasteiger partial charge in [0.25, 0.3) is 10.0 Å². The molecule has 1 aromatic heterocycles. The Labute approximate surface area is 204 Å². The van der Waals surface area contributed by atoms with E-state index in [1.54, 1.807) is 54.6 Å². The van der Waals surface area contributed by atoms with E-state index in [0.717, 1.165) is 21.8 Å². The molecule has 5 rings (SSSR count). The van der Waals surface area contributed by atoms with Gasteiger partial charge in [-0.2, -0.15) is 0 Å². The van der Waals surface area contributed by atoms with Crippen LogP contribution >= 0.6 is 0 Å². The number of aliphatic hydroxyl groups is 1. The first-order chi connectivity index (χ1) is 17.0. The molecular formula is C28H26N2O4S. The van der Waals surface area contributed by atoms with Crippen LogP contribution in [0.25, 0.3) is 21.8 Å². The normalized spacial score (nSPS) is 12.6. The van der Waals surface area contributed by atoms with Crippen LogP contribution in [0.1, 0.15) is 0 Å². The molecule has 35 heavy (non-hydrogen) atoms. The molecule has 7 heteroatoms. The largest absolute Gasteiger partial charge is 0.495 e. The van der Waals surface area contributed by atoms with E-state index >= 15 is 0 Å². The van der Waals surface area contributed by atoms with E-state index in [1.165, 1.54) is 11.4 Å². The van der Waals surface area contributed by atoms with Gasteiger partial charge < -0.3 is 14.4 Å². The maximum absolute atomic E-state index is 13.7. The van der Waals surface area contributed by atoms with Crippen LogP contribution in [-0.2, 0) is 16.6 Å². The molecule has 0 aliphatic carbocycles. The first-order valence-electron chi connectivity index (χ1n) is 11.4. The first-order valence-corrected chi connectivity index (χ1v) is 12.8. The summed E-state index contributed by atoms with van der Waals surface area (Å²) in [6.07, 6.45) is -0.988. The standard InChI is InChI=1S/C28H26N2O4S/c1-34-28-18-10-9-17-27(28)30(35(32,33)22-11-3-2-4-12-22)20-21(31)19-29-25-15-7-5-13-23(25)24-14-6-8-16-26(24)29/h2-18,21,31H,19-20H2,1H3/t21-/m0/s1. The molecule has 0 aliphatic rings. The van der Waals surface area contributed by atoms with Crippen molar-refractivity contribution in [3.05, 3.63) is 103 Å². The van der Waals surface area contributed by atoms with Crippen molar-refractivity contribution in [2.45, 2.75) is 17.5 Å². The third-order valence-electron chi connectivity index (χ3n) is 6.13. The minimum Gasteiger partial charge on any atom is -0.495 e.